The first kappa shape index (κ1) is 11.5. The number of carbonyl (C=O) groups excluding carboxylic acids is 1. The molecule has 0 aliphatic heterocycles. The molecule has 0 saturated heterocycles. The average molecular weight is 199 g/mol. The predicted octanol–water partition coefficient (Wildman–Crippen LogP) is 1.44. The second-order valence-electron chi connectivity index (χ2n) is 4.87. The summed E-state index contributed by atoms with van der Waals surface area (Å²) in [6.45, 7) is 4.10. The van der Waals surface area contributed by atoms with Crippen LogP contribution in [0.2, 0.25) is 0 Å². The average Bonchev–Trinajstić information content (AvgIpc) is 2.08. The highest BCUT2D eigenvalue weighted by molar-refractivity contribution is 5.73. The van der Waals surface area contributed by atoms with Crippen LogP contribution in [-0.4, -0.2) is 16.6 Å². The van der Waals surface area contributed by atoms with Crippen molar-refractivity contribution in [3.8, 4) is 0 Å². The van der Waals surface area contributed by atoms with Gasteiger partial charge in [-0.1, -0.05) is 13.8 Å². The molecule has 0 spiro atoms. The van der Waals surface area contributed by atoms with Crippen molar-refractivity contribution in [2.24, 2.45) is 17.6 Å². The van der Waals surface area contributed by atoms with Crippen molar-refractivity contribution in [1.29, 1.82) is 0 Å². The number of nitrogens with two attached hydrogens (primary N) is 1. The molecule has 0 radical (unpaired) electrons. The van der Waals surface area contributed by atoms with Crippen molar-refractivity contribution in [3.63, 3.8) is 0 Å². The molecular weight excluding hydrogens is 178 g/mol. The van der Waals surface area contributed by atoms with Gasteiger partial charge in [-0.2, -0.15) is 0 Å². The number of hydrogen-bond donors (Lipinski definition) is 2. The Morgan fingerprint density at radius 3 is 2.36 bits per heavy atom. The van der Waals surface area contributed by atoms with Crippen molar-refractivity contribution in [1.82, 2.24) is 0 Å². The topological polar surface area (TPSA) is 63.3 Å². The van der Waals surface area contributed by atoms with Crippen molar-refractivity contribution >= 4 is 5.91 Å². The summed E-state index contributed by atoms with van der Waals surface area (Å²) in [5.74, 6) is 0.480. The lowest BCUT2D eigenvalue weighted by Crippen LogP contribution is -2.39. The Morgan fingerprint density at radius 1 is 1.50 bits per heavy atom. The lowest BCUT2D eigenvalue weighted by molar-refractivity contribution is -0.120. The molecule has 3 heteroatoms. The van der Waals surface area contributed by atoms with E-state index in [1.807, 2.05) is 0 Å². The molecule has 3 nitrogen and oxygen atoms in total. The molecule has 1 amide bonds. The van der Waals surface area contributed by atoms with Crippen molar-refractivity contribution < 1.29 is 9.90 Å². The van der Waals surface area contributed by atoms with Crippen LogP contribution in [-0.2, 0) is 4.79 Å². The van der Waals surface area contributed by atoms with Crippen LogP contribution in [0.25, 0.3) is 0 Å². The molecule has 1 aliphatic rings. The number of hydrogen-bond acceptors (Lipinski definition) is 2. The molecule has 82 valence electrons. The third-order valence-corrected chi connectivity index (χ3v) is 3.54. The molecule has 0 bridgehead atoms. The number of rotatable bonds is 3. The molecule has 1 fully saturated rings. The minimum atomic E-state index is -0.506. The van der Waals surface area contributed by atoms with Gasteiger partial charge in [0.15, 0.2) is 0 Å². The highest BCUT2D eigenvalue weighted by Crippen LogP contribution is 2.37. The van der Waals surface area contributed by atoms with Gasteiger partial charge in [0.2, 0.25) is 5.91 Å². The first-order chi connectivity index (χ1) is 6.44. The Bertz CT molecular complexity index is 205. The fraction of sp³-hybridized carbons (Fsp3) is 0.909. The van der Waals surface area contributed by atoms with Gasteiger partial charge >= 0.3 is 0 Å². The van der Waals surface area contributed by atoms with Crippen LogP contribution in [0.1, 0.15) is 46.0 Å². The molecule has 3 N–H and O–H groups in total. The van der Waals surface area contributed by atoms with Gasteiger partial charge in [-0.25, -0.2) is 0 Å². The second-order valence-corrected chi connectivity index (χ2v) is 4.87. The monoisotopic (exact) mass is 199 g/mol. The highest BCUT2D eigenvalue weighted by Gasteiger charge is 2.35. The smallest absolute Gasteiger partial charge is 0.217 e. The SMILES string of the molecule is CC(C)[C@]1(O)CC[C@@H](CC(N)=O)CC1. The molecular formula is C11H21NO2. The number of aliphatic hydroxyl groups is 1. The van der Waals surface area contributed by atoms with E-state index in [0.717, 1.165) is 25.7 Å². The molecule has 0 atom stereocenters. The summed E-state index contributed by atoms with van der Waals surface area (Å²) in [5, 5.41) is 10.2. The first-order valence-electron chi connectivity index (χ1n) is 5.45. The van der Waals surface area contributed by atoms with Crippen molar-refractivity contribution in [3.05, 3.63) is 0 Å². The van der Waals surface area contributed by atoms with Crippen LogP contribution in [0.4, 0.5) is 0 Å². The molecule has 1 rings (SSSR count). The maximum atomic E-state index is 10.7. The van der Waals surface area contributed by atoms with Gasteiger partial charge in [0.05, 0.1) is 5.60 Å². The van der Waals surface area contributed by atoms with Gasteiger partial charge < -0.3 is 10.8 Å². The van der Waals surface area contributed by atoms with Gasteiger partial charge in [0, 0.05) is 6.42 Å². The summed E-state index contributed by atoms with van der Waals surface area (Å²) in [6.07, 6.45) is 3.95. The predicted molar refractivity (Wildman–Crippen MR) is 55.6 cm³/mol. The number of amides is 1. The zero-order valence-electron chi connectivity index (χ0n) is 9.12. The largest absolute Gasteiger partial charge is 0.390 e. The maximum absolute atomic E-state index is 10.7. The quantitative estimate of drug-likeness (QED) is 0.722. The lowest BCUT2D eigenvalue weighted by Gasteiger charge is -2.38. The molecule has 14 heavy (non-hydrogen) atoms. The van der Waals surface area contributed by atoms with Crippen molar-refractivity contribution in [2.75, 3.05) is 0 Å². The zero-order chi connectivity index (χ0) is 10.8. The first-order valence-corrected chi connectivity index (χ1v) is 5.45. The van der Waals surface area contributed by atoms with E-state index >= 15 is 0 Å². The minimum absolute atomic E-state index is 0.218. The standard InChI is InChI=1S/C11H21NO2/c1-8(2)11(14)5-3-9(4-6-11)7-10(12)13/h8-9,14H,3-7H2,1-2H3,(H2,12,13)/t9-,11+. The Balaban J connectivity index is 2.41. The van der Waals surface area contributed by atoms with E-state index in [9.17, 15) is 9.90 Å². The highest BCUT2D eigenvalue weighted by atomic mass is 16.3. The van der Waals surface area contributed by atoms with E-state index in [-0.39, 0.29) is 5.91 Å². The number of carbonyl (C=O) groups is 1. The Kier molecular flexibility index (Phi) is 3.53. The maximum Gasteiger partial charge on any atom is 0.217 e. The molecule has 0 aromatic heterocycles. The lowest BCUT2D eigenvalue weighted by atomic mass is 9.72. The van der Waals surface area contributed by atoms with Gasteiger partial charge in [0.25, 0.3) is 0 Å². The summed E-state index contributed by atoms with van der Waals surface area (Å²) in [7, 11) is 0. The molecule has 0 heterocycles. The second kappa shape index (κ2) is 4.30. The van der Waals surface area contributed by atoms with E-state index < -0.39 is 5.60 Å². The van der Waals surface area contributed by atoms with Crippen LogP contribution >= 0.6 is 0 Å². The van der Waals surface area contributed by atoms with E-state index in [0.29, 0.717) is 18.3 Å². The van der Waals surface area contributed by atoms with Gasteiger partial charge in [-0.3, -0.25) is 4.79 Å². The normalized spacial score (nSPS) is 33.3. The van der Waals surface area contributed by atoms with Crippen molar-refractivity contribution in [2.45, 2.75) is 51.6 Å². The molecule has 1 saturated carbocycles. The van der Waals surface area contributed by atoms with E-state index in [2.05, 4.69) is 13.8 Å². The molecule has 1 aliphatic carbocycles. The van der Waals surface area contributed by atoms with Crippen LogP contribution in [0.3, 0.4) is 0 Å². The van der Waals surface area contributed by atoms with Crippen LogP contribution < -0.4 is 5.73 Å². The summed E-state index contributed by atoms with van der Waals surface area (Å²) < 4.78 is 0. The minimum Gasteiger partial charge on any atom is -0.390 e. The number of primary amides is 1. The van der Waals surface area contributed by atoms with Gasteiger partial charge in [0.1, 0.15) is 0 Å². The third-order valence-electron chi connectivity index (χ3n) is 3.54. The van der Waals surface area contributed by atoms with E-state index in [1.54, 1.807) is 0 Å². The van der Waals surface area contributed by atoms with Crippen LogP contribution in [0.15, 0.2) is 0 Å². The Labute approximate surface area is 85.7 Å². The van der Waals surface area contributed by atoms with Crippen LogP contribution in [0.5, 0.6) is 0 Å². The van der Waals surface area contributed by atoms with E-state index in [1.165, 1.54) is 0 Å². The van der Waals surface area contributed by atoms with Crippen LogP contribution in [0, 0.1) is 11.8 Å². The summed E-state index contributed by atoms with van der Waals surface area (Å²) >= 11 is 0. The Hall–Kier alpha value is -0.570. The summed E-state index contributed by atoms with van der Waals surface area (Å²) in [6, 6.07) is 0. The molecule has 0 aromatic rings. The fourth-order valence-electron chi connectivity index (χ4n) is 2.24. The Morgan fingerprint density at radius 2 is 2.00 bits per heavy atom. The third kappa shape index (κ3) is 2.71. The van der Waals surface area contributed by atoms with Gasteiger partial charge in [-0.15, -0.1) is 0 Å². The zero-order valence-corrected chi connectivity index (χ0v) is 9.12. The van der Waals surface area contributed by atoms with Gasteiger partial charge in [-0.05, 0) is 37.5 Å². The summed E-state index contributed by atoms with van der Waals surface area (Å²) in [4.78, 5) is 10.7. The van der Waals surface area contributed by atoms with E-state index in [4.69, 9.17) is 5.73 Å². The fourth-order valence-corrected chi connectivity index (χ4v) is 2.24. The summed E-state index contributed by atoms with van der Waals surface area (Å²) in [5.41, 5.74) is 4.64. The molecule has 0 unspecified atom stereocenters. The molecule has 0 aromatic carbocycles.